The third-order valence-corrected chi connectivity index (χ3v) is 5.57. The molecule has 1 atom stereocenters. The summed E-state index contributed by atoms with van der Waals surface area (Å²) in [5.41, 5.74) is 0. The molecule has 1 N–H and O–H groups in total. The van der Waals surface area contributed by atoms with Gasteiger partial charge in [-0.25, -0.2) is 4.98 Å². The molecule has 0 saturated heterocycles. The predicted octanol–water partition coefficient (Wildman–Crippen LogP) is 4.75. The normalized spacial score (nSPS) is 13.4. The van der Waals surface area contributed by atoms with Crippen molar-refractivity contribution < 1.29 is 18.3 Å². The van der Waals surface area contributed by atoms with Gasteiger partial charge >= 0.3 is 6.18 Å². The Kier molecular flexibility index (Phi) is 5.11. The van der Waals surface area contributed by atoms with Crippen molar-refractivity contribution in [3.8, 4) is 0 Å². The van der Waals surface area contributed by atoms with E-state index in [9.17, 15) is 18.3 Å². The Labute approximate surface area is 130 Å². The van der Waals surface area contributed by atoms with E-state index in [1.54, 1.807) is 0 Å². The zero-order chi connectivity index (χ0) is 14.8. The molecule has 0 aliphatic rings. The topological polar surface area (TPSA) is 33.1 Å². The largest absolute Gasteiger partial charge is 0.443 e. The maximum atomic E-state index is 12.4. The summed E-state index contributed by atoms with van der Waals surface area (Å²) in [5.74, 6) is 0.266. The van der Waals surface area contributed by atoms with Crippen molar-refractivity contribution in [3.63, 3.8) is 0 Å². The average molecular weight is 384 g/mol. The fourth-order valence-electron chi connectivity index (χ4n) is 1.38. The Morgan fingerprint density at radius 2 is 2.05 bits per heavy atom. The van der Waals surface area contributed by atoms with E-state index in [1.807, 2.05) is 24.3 Å². The van der Waals surface area contributed by atoms with Gasteiger partial charge in [-0.05, 0) is 28.1 Å². The van der Waals surface area contributed by atoms with E-state index in [1.165, 1.54) is 11.8 Å². The minimum atomic E-state index is -4.46. The molecule has 0 aliphatic heterocycles. The van der Waals surface area contributed by atoms with Crippen molar-refractivity contribution in [1.29, 1.82) is 0 Å². The lowest BCUT2D eigenvalue weighted by Crippen LogP contribution is -2.03. The second kappa shape index (κ2) is 6.46. The lowest BCUT2D eigenvalue weighted by atomic mass is 10.4. The van der Waals surface area contributed by atoms with Crippen LogP contribution in [-0.4, -0.2) is 15.8 Å². The Bertz CT molecular complexity index is 588. The maximum absolute atomic E-state index is 12.4. The van der Waals surface area contributed by atoms with Gasteiger partial charge in [0.2, 0.25) is 0 Å². The van der Waals surface area contributed by atoms with Crippen LogP contribution in [0.3, 0.4) is 0 Å². The van der Waals surface area contributed by atoms with Crippen LogP contribution < -0.4 is 0 Å². The molecular formula is C12H9BrF3NOS2. The first-order chi connectivity index (χ1) is 9.38. The third-order valence-electron chi connectivity index (χ3n) is 2.33. The molecule has 1 aromatic heterocycles. The first kappa shape index (κ1) is 15.8. The standard InChI is InChI=1S/C12H9BrF3NOS2/c13-7-3-1-2-4-9(7)19-6-8(18)10-5-17-11(20-10)12(14,15)16/h1-5,8,18H,6H2. The van der Waals surface area contributed by atoms with Gasteiger partial charge < -0.3 is 5.11 Å². The molecule has 0 spiro atoms. The summed E-state index contributed by atoms with van der Waals surface area (Å²) in [6.45, 7) is 0. The Morgan fingerprint density at radius 3 is 2.65 bits per heavy atom. The zero-order valence-electron chi connectivity index (χ0n) is 9.89. The molecule has 0 amide bonds. The highest BCUT2D eigenvalue weighted by Gasteiger charge is 2.35. The molecule has 0 fully saturated rings. The smallest absolute Gasteiger partial charge is 0.387 e. The van der Waals surface area contributed by atoms with Crippen LogP contribution in [0.25, 0.3) is 0 Å². The number of halogens is 4. The summed E-state index contributed by atoms with van der Waals surface area (Å²) in [6.07, 6.45) is -4.35. The van der Waals surface area contributed by atoms with E-state index in [4.69, 9.17) is 0 Å². The molecule has 2 nitrogen and oxygen atoms in total. The fourth-order valence-corrected chi connectivity index (χ4v) is 3.78. The number of thiazole rings is 1. The first-order valence-electron chi connectivity index (χ1n) is 5.46. The molecule has 0 bridgehead atoms. The van der Waals surface area contributed by atoms with Crippen molar-refractivity contribution >= 4 is 39.0 Å². The van der Waals surface area contributed by atoms with Crippen LogP contribution in [0.1, 0.15) is 16.0 Å². The second-order valence-corrected chi connectivity index (χ2v) is 6.80. The Morgan fingerprint density at radius 1 is 1.35 bits per heavy atom. The van der Waals surface area contributed by atoms with Gasteiger partial charge in [-0.2, -0.15) is 13.2 Å². The Hall–Kier alpha value is -0.570. The molecular weight excluding hydrogens is 375 g/mol. The summed E-state index contributed by atoms with van der Waals surface area (Å²) in [4.78, 5) is 4.44. The summed E-state index contributed by atoms with van der Waals surface area (Å²) < 4.78 is 38.2. The van der Waals surface area contributed by atoms with Crippen LogP contribution in [0.2, 0.25) is 0 Å². The van der Waals surface area contributed by atoms with Crippen LogP contribution >= 0.6 is 39.0 Å². The van der Waals surface area contributed by atoms with Gasteiger partial charge in [0.25, 0.3) is 0 Å². The molecule has 2 rings (SSSR count). The number of benzene rings is 1. The van der Waals surface area contributed by atoms with Gasteiger partial charge in [-0.1, -0.05) is 12.1 Å². The molecule has 0 aliphatic carbocycles. The highest BCUT2D eigenvalue weighted by Crippen LogP contribution is 2.36. The summed E-state index contributed by atoms with van der Waals surface area (Å²) in [7, 11) is 0. The molecule has 8 heteroatoms. The van der Waals surface area contributed by atoms with Gasteiger partial charge in [0, 0.05) is 21.3 Å². The average Bonchev–Trinajstić information content (AvgIpc) is 2.87. The van der Waals surface area contributed by atoms with Crippen LogP contribution in [0.15, 0.2) is 39.8 Å². The Balaban J connectivity index is 2.00. The fraction of sp³-hybridized carbons (Fsp3) is 0.250. The summed E-state index contributed by atoms with van der Waals surface area (Å²) in [5, 5.41) is 8.99. The van der Waals surface area contributed by atoms with Crippen molar-refractivity contribution in [2.75, 3.05) is 5.75 Å². The van der Waals surface area contributed by atoms with Crippen molar-refractivity contribution in [2.24, 2.45) is 0 Å². The van der Waals surface area contributed by atoms with Gasteiger partial charge in [0.15, 0.2) is 5.01 Å². The van der Waals surface area contributed by atoms with Gasteiger partial charge in [-0.15, -0.1) is 23.1 Å². The number of alkyl halides is 3. The third kappa shape index (κ3) is 3.97. The lowest BCUT2D eigenvalue weighted by Gasteiger charge is -2.08. The van der Waals surface area contributed by atoms with Gasteiger partial charge in [0.05, 0.1) is 11.0 Å². The van der Waals surface area contributed by atoms with E-state index in [0.717, 1.165) is 15.6 Å². The van der Waals surface area contributed by atoms with E-state index in [0.29, 0.717) is 11.3 Å². The first-order valence-corrected chi connectivity index (χ1v) is 8.06. The highest BCUT2D eigenvalue weighted by molar-refractivity contribution is 9.10. The number of aliphatic hydroxyl groups is 1. The molecule has 1 aromatic carbocycles. The summed E-state index contributed by atoms with van der Waals surface area (Å²) >= 11 is 5.22. The SMILES string of the molecule is OC(CSc1ccccc1Br)c1cnc(C(F)(F)F)s1. The minimum Gasteiger partial charge on any atom is -0.387 e. The maximum Gasteiger partial charge on any atom is 0.443 e. The minimum absolute atomic E-state index is 0.219. The van der Waals surface area contributed by atoms with Crippen LogP contribution in [0.5, 0.6) is 0 Å². The molecule has 1 heterocycles. The molecule has 2 aromatic rings. The molecule has 1 unspecified atom stereocenters. The molecule has 0 saturated carbocycles. The zero-order valence-corrected chi connectivity index (χ0v) is 13.1. The monoisotopic (exact) mass is 383 g/mol. The number of aromatic nitrogens is 1. The van der Waals surface area contributed by atoms with E-state index < -0.39 is 17.3 Å². The van der Waals surface area contributed by atoms with Gasteiger partial charge in [-0.3, -0.25) is 0 Å². The summed E-state index contributed by atoms with van der Waals surface area (Å²) in [6, 6.07) is 7.45. The van der Waals surface area contributed by atoms with Crippen LogP contribution in [0, 0.1) is 0 Å². The number of nitrogens with zero attached hydrogens (tertiary/aromatic N) is 1. The van der Waals surface area contributed by atoms with E-state index in [2.05, 4.69) is 20.9 Å². The number of thioether (sulfide) groups is 1. The molecule has 0 radical (unpaired) electrons. The van der Waals surface area contributed by atoms with Crippen molar-refractivity contribution in [1.82, 2.24) is 4.98 Å². The number of hydrogen-bond acceptors (Lipinski definition) is 4. The lowest BCUT2D eigenvalue weighted by molar-refractivity contribution is -0.137. The number of rotatable bonds is 4. The molecule has 108 valence electrons. The second-order valence-electron chi connectivity index (χ2n) is 3.82. The van der Waals surface area contributed by atoms with Crippen LogP contribution in [-0.2, 0) is 6.18 Å². The van der Waals surface area contributed by atoms with E-state index >= 15 is 0 Å². The highest BCUT2D eigenvalue weighted by atomic mass is 79.9. The quantitative estimate of drug-likeness (QED) is 0.773. The van der Waals surface area contributed by atoms with Crippen molar-refractivity contribution in [2.45, 2.75) is 17.2 Å². The van der Waals surface area contributed by atoms with Crippen molar-refractivity contribution in [3.05, 3.63) is 44.8 Å². The van der Waals surface area contributed by atoms with Crippen LogP contribution in [0.4, 0.5) is 13.2 Å². The van der Waals surface area contributed by atoms with Gasteiger partial charge in [0.1, 0.15) is 0 Å². The van der Waals surface area contributed by atoms with E-state index in [-0.39, 0.29) is 10.6 Å². The molecule has 20 heavy (non-hydrogen) atoms. The predicted molar refractivity (Wildman–Crippen MR) is 76.9 cm³/mol. The number of aliphatic hydroxyl groups excluding tert-OH is 1. The number of hydrogen-bond donors (Lipinski definition) is 1.